The van der Waals surface area contributed by atoms with Gasteiger partial charge in [0.15, 0.2) is 0 Å². The number of carbonyl (C=O) groups excluding carboxylic acids is 2. The van der Waals surface area contributed by atoms with Gasteiger partial charge in [0.2, 0.25) is 5.91 Å². The topological polar surface area (TPSA) is 77.4 Å². The first-order chi connectivity index (χ1) is 10.1. The number of amides is 1. The smallest absolute Gasteiger partial charge is 0.421 e. The van der Waals surface area contributed by atoms with E-state index in [1.54, 1.807) is 0 Å². The molecular weight excluding hydrogens is 305 g/mol. The lowest BCUT2D eigenvalue weighted by Gasteiger charge is -2.14. The molecule has 0 aliphatic rings. The van der Waals surface area contributed by atoms with Crippen LogP contribution in [0.3, 0.4) is 0 Å². The number of aromatic nitrogens is 1. The highest BCUT2D eigenvalue weighted by Gasteiger charge is 2.34. The van der Waals surface area contributed by atoms with Crippen molar-refractivity contribution >= 4 is 11.9 Å². The quantitative estimate of drug-likeness (QED) is 0.819. The Labute approximate surface area is 123 Å². The van der Waals surface area contributed by atoms with Crippen molar-refractivity contribution in [2.24, 2.45) is 0 Å². The monoisotopic (exact) mass is 320 g/mol. The predicted octanol–water partition coefficient (Wildman–Crippen LogP) is 0.935. The minimum atomic E-state index is -4.78. The van der Waals surface area contributed by atoms with Gasteiger partial charge in [-0.25, -0.2) is 0 Å². The Balaban J connectivity index is 2.78. The zero-order valence-corrected chi connectivity index (χ0v) is 11.9. The number of rotatable bonds is 5. The summed E-state index contributed by atoms with van der Waals surface area (Å²) in [5.41, 5.74) is -2.64. The van der Waals surface area contributed by atoms with E-state index < -0.39 is 41.8 Å². The molecule has 0 aliphatic carbocycles. The fourth-order valence-electron chi connectivity index (χ4n) is 1.74. The number of ether oxygens (including phenoxy) is 1. The van der Waals surface area contributed by atoms with Gasteiger partial charge in [-0.3, -0.25) is 14.4 Å². The third-order valence-corrected chi connectivity index (χ3v) is 2.75. The third kappa shape index (κ3) is 4.90. The van der Waals surface area contributed by atoms with E-state index in [9.17, 15) is 27.6 Å². The number of nitrogens with zero attached hydrogens (tertiary/aromatic N) is 1. The van der Waals surface area contributed by atoms with Crippen LogP contribution in [0.2, 0.25) is 0 Å². The van der Waals surface area contributed by atoms with Crippen LogP contribution >= 0.6 is 0 Å². The SMILES string of the molecule is COC(=O)CC(C)NC(=O)Cn1cccc(C(F)(F)F)c1=O. The fourth-order valence-corrected chi connectivity index (χ4v) is 1.74. The van der Waals surface area contributed by atoms with E-state index in [-0.39, 0.29) is 6.42 Å². The van der Waals surface area contributed by atoms with Gasteiger partial charge >= 0.3 is 12.1 Å². The van der Waals surface area contributed by atoms with Crippen molar-refractivity contribution in [1.29, 1.82) is 0 Å². The van der Waals surface area contributed by atoms with Crippen LogP contribution < -0.4 is 10.9 Å². The van der Waals surface area contributed by atoms with Crippen molar-refractivity contribution in [1.82, 2.24) is 9.88 Å². The maximum atomic E-state index is 12.6. The summed E-state index contributed by atoms with van der Waals surface area (Å²) in [4.78, 5) is 34.4. The summed E-state index contributed by atoms with van der Waals surface area (Å²) >= 11 is 0. The maximum absolute atomic E-state index is 12.6. The number of pyridine rings is 1. The summed E-state index contributed by atoms with van der Waals surface area (Å²) in [6.07, 6.45) is -3.78. The molecule has 1 N–H and O–H groups in total. The zero-order chi connectivity index (χ0) is 16.9. The van der Waals surface area contributed by atoms with Gasteiger partial charge < -0.3 is 14.6 Å². The number of hydrogen-bond acceptors (Lipinski definition) is 4. The van der Waals surface area contributed by atoms with Crippen LogP contribution in [0.15, 0.2) is 23.1 Å². The van der Waals surface area contributed by atoms with Crippen LogP contribution in [0.25, 0.3) is 0 Å². The molecule has 1 rings (SSSR count). The lowest BCUT2D eigenvalue weighted by atomic mass is 10.2. The maximum Gasteiger partial charge on any atom is 0.421 e. The van der Waals surface area contributed by atoms with Crippen molar-refractivity contribution in [3.8, 4) is 0 Å². The largest absolute Gasteiger partial charge is 0.469 e. The minimum absolute atomic E-state index is 0.0836. The average Bonchev–Trinajstić information content (AvgIpc) is 2.39. The van der Waals surface area contributed by atoms with Gasteiger partial charge in [-0.15, -0.1) is 0 Å². The van der Waals surface area contributed by atoms with E-state index in [1.807, 2.05) is 0 Å². The first-order valence-electron chi connectivity index (χ1n) is 6.28. The summed E-state index contributed by atoms with van der Waals surface area (Å²) in [7, 11) is 1.19. The van der Waals surface area contributed by atoms with E-state index >= 15 is 0 Å². The van der Waals surface area contributed by atoms with Gasteiger partial charge in [-0.1, -0.05) is 0 Å². The van der Waals surface area contributed by atoms with Crippen LogP contribution in [-0.2, 0) is 27.0 Å². The van der Waals surface area contributed by atoms with Crippen molar-refractivity contribution in [2.45, 2.75) is 32.1 Å². The Hall–Kier alpha value is -2.32. The zero-order valence-electron chi connectivity index (χ0n) is 11.9. The van der Waals surface area contributed by atoms with Crippen molar-refractivity contribution in [3.63, 3.8) is 0 Å². The number of carbonyl (C=O) groups is 2. The number of alkyl halides is 3. The standard InChI is InChI=1S/C13H15F3N2O4/c1-8(6-11(20)22-2)17-10(19)7-18-5-3-4-9(12(18)21)13(14,15)16/h3-5,8H,6-7H2,1-2H3,(H,17,19). The number of halogens is 3. The second-order valence-corrected chi connectivity index (χ2v) is 4.60. The highest BCUT2D eigenvalue weighted by atomic mass is 19.4. The predicted molar refractivity (Wildman–Crippen MR) is 69.9 cm³/mol. The Morgan fingerprint density at radius 2 is 2.05 bits per heavy atom. The number of methoxy groups -OCH3 is 1. The Morgan fingerprint density at radius 1 is 1.41 bits per heavy atom. The molecule has 1 unspecified atom stereocenters. The third-order valence-electron chi connectivity index (χ3n) is 2.75. The molecule has 1 aromatic rings. The molecule has 1 atom stereocenters. The van der Waals surface area contributed by atoms with Gasteiger partial charge in [0.25, 0.3) is 5.56 Å². The molecule has 0 spiro atoms. The van der Waals surface area contributed by atoms with Gasteiger partial charge in [-0.2, -0.15) is 13.2 Å². The molecule has 0 aromatic carbocycles. The molecular formula is C13H15F3N2O4. The first-order valence-corrected chi connectivity index (χ1v) is 6.28. The Kier molecular flexibility index (Phi) is 5.72. The molecule has 1 aromatic heterocycles. The molecule has 0 bridgehead atoms. The molecule has 1 heterocycles. The van der Waals surface area contributed by atoms with Crippen molar-refractivity contribution < 1.29 is 27.5 Å². The molecule has 6 nitrogen and oxygen atoms in total. The molecule has 0 saturated heterocycles. The summed E-state index contributed by atoms with van der Waals surface area (Å²) in [5, 5.41) is 2.40. The van der Waals surface area contributed by atoms with Crippen LogP contribution in [0.5, 0.6) is 0 Å². The summed E-state index contributed by atoms with van der Waals surface area (Å²) < 4.78 is 42.9. The second-order valence-electron chi connectivity index (χ2n) is 4.60. The van der Waals surface area contributed by atoms with E-state index in [4.69, 9.17) is 0 Å². The van der Waals surface area contributed by atoms with Gasteiger partial charge in [0.1, 0.15) is 12.1 Å². The Bertz CT molecular complexity index is 610. The Morgan fingerprint density at radius 3 is 2.59 bits per heavy atom. The van der Waals surface area contributed by atoms with Crippen LogP contribution in [-0.4, -0.2) is 29.6 Å². The summed E-state index contributed by atoms with van der Waals surface area (Å²) in [6.45, 7) is 0.956. The van der Waals surface area contributed by atoms with Gasteiger partial charge in [-0.05, 0) is 19.1 Å². The number of nitrogens with one attached hydrogen (secondary N) is 1. The van der Waals surface area contributed by atoms with E-state index in [2.05, 4.69) is 10.1 Å². The molecule has 1 amide bonds. The van der Waals surface area contributed by atoms with Crippen molar-refractivity contribution in [3.05, 3.63) is 34.2 Å². The number of esters is 1. The minimum Gasteiger partial charge on any atom is -0.469 e. The lowest BCUT2D eigenvalue weighted by molar-refractivity contribution is -0.141. The van der Waals surface area contributed by atoms with E-state index in [1.165, 1.54) is 14.0 Å². The van der Waals surface area contributed by atoms with Crippen LogP contribution in [0.4, 0.5) is 13.2 Å². The van der Waals surface area contributed by atoms with Crippen LogP contribution in [0, 0.1) is 0 Å². The second kappa shape index (κ2) is 7.10. The molecule has 0 aliphatic heterocycles. The first kappa shape index (κ1) is 17.7. The molecule has 0 radical (unpaired) electrons. The van der Waals surface area contributed by atoms with Crippen LogP contribution in [0.1, 0.15) is 18.9 Å². The molecule has 22 heavy (non-hydrogen) atoms. The van der Waals surface area contributed by atoms with Gasteiger partial charge in [0.05, 0.1) is 13.5 Å². The van der Waals surface area contributed by atoms with Crippen molar-refractivity contribution in [2.75, 3.05) is 7.11 Å². The molecule has 9 heteroatoms. The fraction of sp³-hybridized carbons (Fsp3) is 0.462. The van der Waals surface area contributed by atoms with E-state index in [0.717, 1.165) is 12.3 Å². The average molecular weight is 320 g/mol. The summed E-state index contributed by atoms with van der Waals surface area (Å²) in [6, 6.07) is 1.12. The summed E-state index contributed by atoms with van der Waals surface area (Å²) in [5.74, 6) is -1.22. The molecule has 0 fully saturated rings. The number of hydrogen-bond donors (Lipinski definition) is 1. The van der Waals surface area contributed by atoms with Gasteiger partial charge in [0, 0.05) is 12.2 Å². The lowest BCUT2D eigenvalue weighted by Crippen LogP contribution is -2.39. The molecule has 0 saturated carbocycles. The van der Waals surface area contributed by atoms with E-state index in [0.29, 0.717) is 10.6 Å². The normalized spacial score (nSPS) is 12.6. The highest BCUT2D eigenvalue weighted by molar-refractivity contribution is 5.77. The highest BCUT2D eigenvalue weighted by Crippen LogP contribution is 2.25. The molecule has 122 valence electrons.